The number of ether oxygens (including phenoxy) is 1. The van der Waals surface area contributed by atoms with Crippen LogP contribution in [0.3, 0.4) is 0 Å². The predicted molar refractivity (Wildman–Crippen MR) is 134 cm³/mol. The summed E-state index contributed by atoms with van der Waals surface area (Å²) in [7, 11) is 3.41. The van der Waals surface area contributed by atoms with E-state index in [0.29, 0.717) is 50.4 Å². The molecule has 2 amide bonds. The molecule has 0 aliphatic carbocycles. The Labute approximate surface area is 214 Å². The van der Waals surface area contributed by atoms with Gasteiger partial charge in [0, 0.05) is 81.1 Å². The zero-order valence-corrected chi connectivity index (χ0v) is 21.1. The van der Waals surface area contributed by atoms with E-state index in [2.05, 4.69) is 20.0 Å². The number of alkyl halides is 2. The van der Waals surface area contributed by atoms with Crippen LogP contribution < -0.4 is 10.2 Å². The Balaban J connectivity index is 1.44. The highest BCUT2D eigenvalue weighted by Gasteiger charge is 2.35. The average Bonchev–Trinajstić information content (AvgIpc) is 3.63. The summed E-state index contributed by atoms with van der Waals surface area (Å²) in [4.78, 5) is 16.3. The highest BCUT2D eigenvalue weighted by Crippen LogP contribution is 2.44. The van der Waals surface area contributed by atoms with Crippen LogP contribution in [0.1, 0.15) is 47.7 Å². The second-order valence-electron chi connectivity index (χ2n) is 9.94. The number of rotatable bonds is 4. The maximum Gasteiger partial charge on any atom is 0.317 e. The summed E-state index contributed by atoms with van der Waals surface area (Å²) < 4.78 is 37.9. The molecule has 11 heteroatoms. The molecule has 5 heterocycles. The summed E-state index contributed by atoms with van der Waals surface area (Å²) in [5.74, 6) is 0.767. The quantitative estimate of drug-likeness (QED) is 0.574. The summed E-state index contributed by atoms with van der Waals surface area (Å²) in [5.41, 5.74) is 5.10. The minimum Gasteiger partial charge on any atom is -0.381 e. The van der Waals surface area contributed by atoms with Gasteiger partial charge in [0.1, 0.15) is 0 Å². The van der Waals surface area contributed by atoms with Crippen molar-refractivity contribution in [1.29, 1.82) is 0 Å². The number of fused-ring (bicyclic) bond motifs is 2. The Bertz CT molecular complexity index is 1330. The van der Waals surface area contributed by atoms with Crippen LogP contribution in [0.15, 0.2) is 24.5 Å². The second kappa shape index (κ2) is 9.44. The minimum atomic E-state index is -2.62. The van der Waals surface area contributed by atoms with Crippen molar-refractivity contribution in [3.05, 3.63) is 46.9 Å². The number of benzene rings is 1. The first-order valence-electron chi connectivity index (χ1n) is 12.8. The van der Waals surface area contributed by atoms with E-state index in [-0.39, 0.29) is 17.6 Å². The molecule has 0 unspecified atom stereocenters. The largest absolute Gasteiger partial charge is 0.381 e. The first-order chi connectivity index (χ1) is 17.9. The van der Waals surface area contributed by atoms with Gasteiger partial charge in [-0.25, -0.2) is 13.6 Å². The fourth-order valence-corrected chi connectivity index (χ4v) is 5.87. The number of carbonyl (C=O) groups is 1. The molecular formula is C26H31F2N7O2. The van der Waals surface area contributed by atoms with Crippen LogP contribution in [-0.2, 0) is 31.2 Å². The van der Waals surface area contributed by atoms with Crippen LogP contribution in [0.5, 0.6) is 0 Å². The van der Waals surface area contributed by atoms with Crippen molar-refractivity contribution in [2.75, 3.05) is 38.3 Å². The van der Waals surface area contributed by atoms with Crippen molar-refractivity contribution < 1.29 is 18.3 Å². The second-order valence-corrected chi connectivity index (χ2v) is 9.94. The van der Waals surface area contributed by atoms with Gasteiger partial charge in [-0.2, -0.15) is 10.2 Å². The summed E-state index contributed by atoms with van der Waals surface area (Å²) in [5, 5.41) is 12.0. The Morgan fingerprint density at radius 2 is 2.00 bits per heavy atom. The molecule has 1 N–H and O–H groups in total. The van der Waals surface area contributed by atoms with Crippen LogP contribution in [0.25, 0.3) is 11.1 Å². The first-order valence-corrected chi connectivity index (χ1v) is 12.8. The van der Waals surface area contributed by atoms with Crippen molar-refractivity contribution in [3.8, 4) is 11.1 Å². The van der Waals surface area contributed by atoms with Crippen LogP contribution in [0.4, 0.5) is 25.1 Å². The molecule has 3 aliphatic heterocycles. The average molecular weight is 512 g/mol. The normalized spacial score (nSPS) is 17.9. The van der Waals surface area contributed by atoms with Gasteiger partial charge >= 0.3 is 6.03 Å². The molecule has 0 saturated carbocycles. The van der Waals surface area contributed by atoms with Gasteiger partial charge in [-0.1, -0.05) is 0 Å². The Kier molecular flexibility index (Phi) is 6.10. The fraction of sp³-hybridized carbons (Fsp3) is 0.500. The lowest BCUT2D eigenvalue weighted by Crippen LogP contribution is -2.41. The first kappa shape index (κ1) is 23.9. The van der Waals surface area contributed by atoms with E-state index in [0.717, 1.165) is 47.6 Å². The van der Waals surface area contributed by atoms with E-state index in [1.807, 2.05) is 6.07 Å². The van der Waals surface area contributed by atoms with Crippen molar-refractivity contribution in [1.82, 2.24) is 29.8 Å². The molecule has 3 aliphatic rings. The third-order valence-electron chi connectivity index (χ3n) is 7.76. The molecule has 0 bridgehead atoms. The maximum atomic E-state index is 14.3. The lowest BCUT2D eigenvalue weighted by Gasteiger charge is -2.30. The minimum absolute atomic E-state index is 0.0108. The van der Waals surface area contributed by atoms with Gasteiger partial charge in [-0.3, -0.25) is 9.36 Å². The number of carbonyl (C=O) groups excluding carboxylic acids is 1. The van der Waals surface area contributed by atoms with Gasteiger partial charge in [-0.05, 0) is 42.5 Å². The maximum absolute atomic E-state index is 14.3. The fourth-order valence-electron chi connectivity index (χ4n) is 5.87. The van der Waals surface area contributed by atoms with Crippen molar-refractivity contribution in [3.63, 3.8) is 0 Å². The summed E-state index contributed by atoms with van der Waals surface area (Å²) in [6.07, 6.45) is 3.96. The Morgan fingerprint density at radius 3 is 2.70 bits per heavy atom. The van der Waals surface area contributed by atoms with E-state index < -0.39 is 6.43 Å². The van der Waals surface area contributed by atoms with Gasteiger partial charge in [0.05, 0.1) is 18.8 Å². The van der Waals surface area contributed by atoms with E-state index in [1.165, 1.54) is 0 Å². The Morgan fingerprint density at radius 1 is 1.19 bits per heavy atom. The summed E-state index contributed by atoms with van der Waals surface area (Å²) in [6.45, 7) is 3.09. The van der Waals surface area contributed by atoms with Gasteiger partial charge in [0.25, 0.3) is 6.43 Å². The van der Waals surface area contributed by atoms with Gasteiger partial charge in [0.15, 0.2) is 5.82 Å². The molecule has 196 valence electrons. The molecule has 1 saturated heterocycles. The molecule has 9 nitrogen and oxygen atoms in total. The van der Waals surface area contributed by atoms with Crippen LogP contribution in [-0.4, -0.2) is 63.8 Å². The third kappa shape index (κ3) is 4.14. The molecule has 37 heavy (non-hydrogen) atoms. The zero-order valence-electron chi connectivity index (χ0n) is 21.1. The topological polar surface area (TPSA) is 80.5 Å². The molecular weight excluding hydrogens is 480 g/mol. The number of halogens is 2. The molecule has 1 fully saturated rings. The highest BCUT2D eigenvalue weighted by atomic mass is 19.3. The molecule has 2 aromatic heterocycles. The van der Waals surface area contributed by atoms with E-state index in [9.17, 15) is 13.6 Å². The van der Waals surface area contributed by atoms with Gasteiger partial charge in [0.2, 0.25) is 0 Å². The van der Waals surface area contributed by atoms with Gasteiger partial charge < -0.3 is 19.9 Å². The molecule has 3 aromatic rings. The Hall–Kier alpha value is -3.47. The lowest BCUT2D eigenvalue weighted by molar-refractivity contribution is 0.0651. The van der Waals surface area contributed by atoms with E-state index >= 15 is 0 Å². The number of hydrogen-bond donors (Lipinski definition) is 1. The lowest BCUT2D eigenvalue weighted by atomic mass is 9.98. The number of anilines is 2. The number of amides is 2. The van der Waals surface area contributed by atoms with Gasteiger partial charge in [-0.15, -0.1) is 0 Å². The van der Waals surface area contributed by atoms with Crippen LogP contribution in [0, 0.1) is 0 Å². The molecule has 0 spiro atoms. The number of hydrogen-bond acceptors (Lipinski definition) is 5. The summed E-state index contributed by atoms with van der Waals surface area (Å²) >= 11 is 0. The predicted octanol–water partition coefficient (Wildman–Crippen LogP) is 3.96. The highest BCUT2D eigenvalue weighted by molar-refractivity contribution is 5.79. The van der Waals surface area contributed by atoms with Crippen molar-refractivity contribution in [2.45, 2.75) is 44.7 Å². The zero-order chi connectivity index (χ0) is 25.7. The number of aromatic nitrogens is 4. The number of aryl methyl sites for hydroxylation is 1. The number of nitrogens with one attached hydrogen (secondary N) is 1. The standard InChI is InChI=1S/C26H31F2N7O2/c1-29-26(36)33-7-4-22-21(15-33)25(31-35(22)18-5-9-37-10-6-18)34-8-3-16-11-19(17-13-30-32(2)14-17)20(24(27)28)12-23(16)34/h11-14,18,24H,3-10,15H2,1-2H3,(H,29,36). The van der Waals surface area contributed by atoms with E-state index in [4.69, 9.17) is 9.84 Å². The van der Waals surface area contributed by atoms with Crippen molar-refractivity contribution >= 4 is 17.5 Å². The molecule has 0 radical (unpaired) electrons. The monoisotopic (exact) mass is 511 g/mol. The molecule has 0 atom stereocenters. The van der Waals surface area contributed by atoms with Crippen LogP contribution >= 0.6 is 0 Å². The third-order valence-corrected chi connectivity index (χ3v) is 7.76. The van der Waals surface area contributed by atoms with Crippen LogP contribution in [0.2, 0.25) is 0 Å². The smallest absolute Gasteiger partial charge is 0.317 e. The van der Waals surface area contributed by atoms with Crippen molar-refractivity contribution in [2.24, 2.45) is 7.05 Å². The SMILES string of the molecule is CNC(=O)N1CCc2c(c(N3CCc4cc(-c5cnn(C)c5)c(C(F)F)cc43)nn2C2CCOCC2)C1. The molecule has 1 aromatic carbocycles. The number of nitrogens with zero attached hydrogens (tertiary/aromatic N) is 6. The summed E-state index contributed by atoms with van der Waals surface area (Å²) in [6, 6.07) is 3.61. The van der Waals surface area contributed by atoms with E-state index in [1.54, 1.807) is 42.1 Å². The molecule has 6 rings (SSSR count). The number of urea groups is 1.